The molecule has 28 heavy (non-hydrogen) atoms. The molecule has 6 heteroatoms. The lowest BCUT2D eigenvalue weighted by molar-refractivity contribution is 1.14. The molecule has 0 saturated heterocycles. The molecule has 132 valence electrons. The van der Waals surface area contributed by atoms with Crippen molar-refractivity contribution in [3.63, 3.8) is 0 Å². The maximum atomic E-state index is 4.51. The van der Waals surface area contributed by atoms with Crippen LogP contribution in [0.1, 0.15) is 0 Å². The number of fused-ring (bicyclic) bond motifs is 1. The van der Waals surface area contributed by atoms with Gasteiger partial charge in [0.2, 0.25) is 0 Å². The lowest BCUT2D eigenvalue weighted by atomic mass is 9.92. The summed E-state index contributed by atoms with van der Waals surface area (Å²) >= 11 is 0. The van der Waals surface area contributed by atoms with Crippen LogP contribution in [0, 0.1) is 0 Å². The number of hydrogen-bond acceptors (Lipinski definition) is 6. The summed E-state index contributed by atoms with van der Waals surface area (Å²) in [6, 6.07) is 15.6. The van der Waals surface area contributed by atoms with Crippen molar-refractivity contribution in [3.8, 4) is 34.2 Å². The summed E-state index contributed by atoms with van der Waals surface area (Å²) in [5, 5.41) is 2.07. The molecule has 0 spiro atoms. The molecular weight excluding hydrogens is 348 g/mol. The Morgan fingerprint density at radius 2 is 0.964 bits per heavy atom. The lowest BCUT2D eigenvalue weighted by Crippen LogP contribution is -2.00. The largest absolute Gasteiger partial charge is 0.237 e. The first-order valence-corrected chi connectivity index (χ1v) is 8.80. The van der Waals surface area contributed by atoms with Gasteiger partial charge in [0.25, 0.3) is 0 Å². The summed E-state index contributed by atoms with van der Waals surface area (Å²) in [5.41, 5.74) is 2.53. The van der Waals surface area contributed by atoms with Gasteiger partial charge in [-0.05, 0) is 35.0 Å². The van der Waals surface area contributed by atoms with Crippen LogP contribution in [0.5, 0.6) is 0 Å². The van der Waals surface area contributed by atoms with Crippen LogP contribution in [0.3, 0.4) is 0 Å². The molecule has 3 aromatic heterocycles. The van der Waals surface area contributed by atoms with E-state index in [1.165, 1.54) is 0 Å². The Kier molecular flexibility index (Phi) is 3.99. The van der Waals surface area contributed by atoms with Crippen molar-refractivity contribution in [2.45, 2.75) is 0 Å². The third kappa shape index (κ3) is 2.77. The van der Waals surface area contributed by atoms with Crippen LogP contribution in [0.15, 0.2) is 85.7 Å². The van der Waals surface area contributed by atoms with Crippen molar-refractivity contribution in [2.24, 2.45) is 0 Å². The van der Waals surface area contributed by atoms with Crippen molar-refractivity contribution in [1.82, 2.24) is 29.9 Å². The van der Waals surface area contributed by atoms with Crippen LogP contribution < -0.4 is 0 Å². The second kappa shape index (κ2) is 6.92. The summed E-state index contributed by atoms with van der Waals surface area (Å²) in [6.07, 6.45) is 10.4. The van der Waals surface area contributed by atoms with E-state index in [2.05, 4.69) is 48.1 Å². The molecule has 0 aliphatic heterocycles. The molecule has 0 saturated carbocycles. The van der Waals surface area contributed by atoms with Crippen LogP contribution in [-0.2, 0) is 0 Å². The van der Waals surface area contributed by atoms with Crippen molar-refractivity contribution in [3.05, 3.63) is 85.7 Å². The Bertz CT molecular complexity index is 1240. The number of nitrogens with zero attached hydrogens (tertiary/aromatic N) is 6. The Morgan fingerprint density at radius 1 is 0.464 bits per heavy atom. The summed E-state index contributed by atoms with van der Waals surface area (Å²) in [6.45, 7) is 0. The maximum absolute atomic E-state index is 4.51. The Morgan fingerprint density at radius 3 is 1.57 bits per heavy atom. The van der Waals surface area contributed by atoms with E-state index in [0.717, 1.165) is 27.5 Å². The standard InChI is InChI=1S/C22H14N6/c1-2-7-16-15(6-1)14-17(20-23-8-3-9-24-20)19(22-27-12-5-13-28-22)18(16)21-25-10-4-11-26-21/h1-14H. The normalized spacial score (nSPS) is 10.9. The minimum Gasteiger partial charge on any atom is -0.237 e. The van der Waals surface area contributed by atoms with Gasteiger partial charge >= 0.3 is 0 Å². The number of benzene rings is 2. The van der Waals surface area contributed by atoms with Gasteiger partial charge in [0.05, 0.1) is 0 Å². The monoisotopic (exact) mass is 362 g/mol. The zero-order valence-corrected chi connectivity index (χ0v) is 14.8. The van der Waals surface area contributed by atoms with E-state index >= 15 is 0 Å². The Balaban J connectivity index is 1.97. The smallest absolute Gasteiger partial charge is 0.160 e. The Labute approximate surface area is 161 Å². The predicted molar refractivity (Wildman–Crippen MR) is 107 cm³/mol. The van der Waals surface area contributed by atoms with E-state index < -0.39 is 0 Å². The van der Waals surface area contributed by atoms with E-state index in [1.54, 1.807) is 55.4 Å². The third-order valence-corrected chi connectivity index (χ3v) is 4.43. The lowest BCUT2D eigenvalue weighted by Gasteiger charge is -2.15. The molecule has 0 unspecified atom stereocenters. The van der Waals surface area contributed by atoms with Crippen molar-refractivity contribution in [2.75, 3.05) is 0 Å². The molecule has 3 heterocycles. The third-order valence-electron chi connectivity index (χ3n) is 4.43. The molecule has 5 rings (SSSR count). The molecule has 2 aromatic carbocycles. The molecule has 0 aliphatic carbocycles. The topological polar surface area (TPSA) is 77.3 Å². The Hall–Kier alpha value is -4.06. The fraction of sp³-hybridized carbons (Fsp3) is 0. The summed E-state index contributed by atoms with van der Waals surface area (Å²) in [4.78, 5) is 27.0. The van der Waals surface area contributed by atoms with Crippen molar-refractivity contribution >= 4 is 10.8 Å². The first-order chi connectivity index (χ1) is 13.9. The highest BCUT2D eigenvalue weighted by Gasteiger charge is 2.22. The second-order valence-electron chi connectivity index (χ2n) is 6.11. The highest BCUT2D eigenvalue weighted by Crippen LogP contribution is 2.41. The molecule has 0 fully saturated rings. The van der Waals surface area contributed by atoms with Gasteiger partial charge in [-0.15, -0.1) is 0 Å². The zero-order valence-electron chi connectivity index (χ0n) is 14.8. The number of rotatable bonds is 3. The maximum Gasteiger partial charge on any atom is 0.160 e. The van der Waals surface area contributed by atoms with E-state index in [1.807, 2.05) is 12.1 Å². The molecule has 0 radical (unpaired) electrons. The average molecular weight is 362 g/mol. The first kappa shape index (κ1) is 16.1. The molecule has 6 nitrogen and oxygen atoms in total. The highest BCUT2D eigenvalue weighted by molar-refractivity contribution is 6.07. The average Bonchev–Trinajstić information content (AvgIpc) is 2.79. The minimum absolute atomic E-state index is 0.582. The molecule has 0 aliphatic rings. The van der Waals surface area contributed by atoms with Crippen molar-refractivity contribution < 1.29 is 0 Å². The van der Waals surface area contributed by atoms with Gasteiger partial charge in [-0.2, -0.15) is 0 Å². The molecule has 0 bridgehead atoms. The van der Waals surface area contributed by atoms with Crippen LogP contribution in [-0.4, -0.2) is 29.9 Å². The SMILES string of the molecule is c1cnc(-c2cc3ccccc3c(-c3ncccn3)c2-c2ncccn2)nc1. The van der Waals surface area contributed by atoms with Gasteiger partial charge in [0.15, 0.2) is 17.5 Å². The van der Waals surface area contributed by atoms with Crippen LogP contribution in [0.4, 0.5) is 0 Å². The van der Waals surface area contributed by atoms with Crippen LogP contribution >= 0.6 is 0 Å². The van der Waals surface area contributed by atoms with Crippen molar-refractivity contribution in [1.29, 1.82) is 0 Å². The molecule has 0 atom stereocenters. The molecule has 5 aromatic rings. The number of aromatic nitrogens is 6. The van der Waals surface area contributed by atoms with E-state index in [9.17, 15) is 0 Å². The molecule has 0 N–H and O–H groups in total. The predicted octanol–water partition coefficient (Wildman–Crippen LogP) is 4.21. The van der Waals surface area contributed by atoms with Gasteiger partial charge in [0, 0.05) is 53.9 Å². The van der Waals surface area contributed by atoms with E-state index in [4.69, 9.17) is 0 Å². The quantitative estimate of drug-likeness (QED) is 0.478. The zero-order chi connectivity index (χ0) is 18.8. The van der Waals surface area contributed by atoms with E-state index in [-0.39, 0.29) is 0 Å². The van der Waals surface area contributed by atoms with E-state index in [0.29, 0.717) is 17.5 Å². The summed E-state index contributed by atoms with van der Waals surface area (Å²) < 4.78 is 0. The van der Waals surface area contributed by atoms with Gasteiger partial charge in [-0.3, -0.25) is 0 Å². The number of hydrogen-bond donors (Lipinski definition) is 0. The minimum atomic E-state index is 0.582. The molecular formula is C22H14N6. The second-order valence-corrected chi connectivity index (χ2v) is 6.11. The molecule has 0 amide bonds. The first-order valence-electron chi connectivity index (χ1n) is 8.80. The highest BCUT2D eigenvalue weighted by atomic mass is 14.9. The summed E-state index contributed by atoms with van der Waals surface area (Å²) in [5.74, 6) is 1.80. The van der Waals surface area contributed by atoms with Crippen LogP contribution in [0.25, 0.3) is 44.9 Å². The van der Waals surface area contributed by atoms with Gasteiger partial charge < -0.3 is 0 Å². The summed E-state index contributed by atoms with van der Waals surface area (Å²) in [7, 11) is 0. The van der Waals surface area contributed by atoms with Gasteiger partial charge in [-0.1, -0.05) is 24.3 Å². The van der Waals surface area contributed by atoms with Gasteiger partial charge in [-0.25, -0.2) is 29.9 Å². The fourth-order valence-corrected chi connectivity index (χ4v) is 3.28. The fourth-order valence-electron chi connectivity index (χ4n) is 3.28. The van der Waals surface area contributed by atoms with Crippen LogP contribution in [0.2, 0.25) is 0 Å². The van der Waals surface area contributed by atoms with Gasteiger partial charge in [0.1, 0.15) is 0 Å².